The summed E-state index contributed by atoms with van der Waals surface area (Å²) in [6.45, 7) is -0.0341. The van der Waals surface area contributed by atoms with E-state index < -0.39 is 15.9 Å². The normalized spacial score (nSPS) is 11.4. The predicted octanol–water partition coefficient (Wildman–Crippen LogP) is 0.185. The number of nitrogens with two attached hydrogens (primary N) is 2. The monoisotopic (exact) mass is 321 g/mol. The summed E-state index contributed by atoms with van der Waals surface area (Å²) in [7, 11) is -3.65. The summed E-state index contributed by atoms with van der Waals surface area (Å²) in [5.41, 5.74) is 10.8. The topological polar surface area (TPSA) is 115 Å². The maximum atomic E-state index is 11.7. The highest BCUT2D eigenvalue weighted by Crippen LogP contribution is 2.22. The van der Waals surface area contributed by atoms with Crippen molar-refractivity contribution in [2.75, 3.05) is 12.3 Å². The van der Waals surface area contributed by atoms with Crippen LogP contribution in [-0.2, 0) is 14.8 Å². The minimum absolute atomic E-state index is 0.0341. The van der Waals surface area contributed by atoms with Crippen molar-refractivity contribution in [2.24, 2.45) is 5.73 Å². The molecular formula is C9H12BrN3O3S. The lowest BCUT2D eigenvalue weighted by atomic mass is 10.3. The van der Waals surface area contributed by atoms with Crippen LogP contribution < -0.4 is 16.2 Å². The van der Waals surface area contributed by atoms with Crippen molar-refractivity contribution in [3.63, 3.8) is 0 Å². The fraction of sp³-hybridized carbons (Fsp3) is 0.222. The van der Waals surface area contributed by atoms with Crippen molar-refractivity contribution in [3.8, 4) is 0 Å². The number of carbonyl (C=O) groups excluding carboxylic acids is 1. The maximum absolute atomic E-state index is 11.7. The largest absolute Gasteiger partial charge is 0.398 e. The Morgan fingerprint density at radius 3 is 2.59 bits per heavy atom. The summed E-state index contributed by atoms with van der Waals surface area (Å²) in [5.74, 6) is -0.567. The van der Waals surface area contributed by atoms with Gasteiger partial charge in [-0.25, -0.2) is 13.1 Å². The molecule has 0 aliphatic carbocycles. The van der Waals surface area contributed by atoms with Gasteiger partial charge in [-0.3, -0.25) is 4.79 Å². The van der Waals surface area contributed by atoms with Crippen LogP contribution in [0.5, 0.6) is 0 Å². The average molecular weight is 322 g/mol. The summed E-state index contributed by atoms with van der Waals surface area (Å²) in [4.78, 5) is 10.5. The third-order valence-electron chi connectivity index (χ3n) is 1.94. The van der Waals surface area contributed by atoms with Gasteiger partial charge in [-0.05, 0) is 34.1 Å². The fourth-order valence-corrected chi connectivity index (χ4v) is 2.39. The van der Waals surface area contributed by atoms with Crippen LogP contribution in [0.2, 0.25) is 0 Å². The molecule has 1 amide bonds. The number of anilines is 1. The minimum Gasteiger partial charge on any atom is -0.398 e. The standard InChI is InChI=1S/C9H12BrN3O3S/c10-7-2-1-6(5-8(7)11)17(15,16)13-4-3-9(12)14/h1-2,5,13H,3-4,11H2,(H2,12,14). The zero-order chi connectivity index (χ0) is 13.1. The van der Waals surface area contributed by atoms with E-state index in [0.717, 1.165) is 0 Å². The highest BCUT2D eigenvalue weighted by Gasteiger charge is 2.14. The molecule has 1 rings (SSSR count). The van der Waals surface area contributed by atoms with E-state index in [1.54, 1.807) is 0 Å². The Hall–Kier alpha value is -1.12. The number of carbonyl (C=O) groups is 1. The van der Waals surface area contributed by atoms with Crippen LogP contribution in [0.15, 0.2) is 27.6 Å². The maximum Gasteiger partial charge on any atom is 0.240 e. The van der Waals surface area contributed by atoms with Crippen LogP contribution in [0.3, 0.4) is 0 Å². The van der Waals surface area contributed by atoms with Crippen molar-refractivity contribution in [3.05, 3.63) is 22.7 Å². The van der Waals surface area contributed by atoms with Gasteiger partial charge in [0, 0.05) is 23.1 Å². The average Bonchev–Trinajstić information content (AvgIpc) is 2.21. The third kappa shape index (κ3) is 3.99. The smallest absolute Gasteiger partial charge is 0.240 e. The number of hydrogen-bond donors (Lipinski definition) is 3. The third-order valence-corrected chi connectivity index (χ3v) is 4.12. The second kappa shape index (κ2) is 5.48. The summed E-state index contributed by atoms with van der Waals surface area (Å²) < 4.78 is 26.4. The number of primary amides is 1. The first-order valence-corrected chi connectivity index (χ1v) is 6.93. The zero-order valence-corrected chi connectivity index (χ0v) is 11.2. The van der Waals surface area contributed by atoms with Crippen LogP contribution in [-0.4, -0.2) is 20.9 Å². The highest BCUT2D eigenvalue weighted by atomic mass is 79.9. The van der Waals surface area contributed by atoms with E-state index in [-0.39, 0.29) is 17.9 Å². The molecule has 0 fully saturated rings. The van der Waals surface area contributed by atoms with Crippen LogP contribution in [0.1, 0.15) is 6.42 Å². The molecule has 1 aromatic carbocycles. The molecule has 0 radical (unpaired) electrons. The van der Waals surface area contributed by atoms with Gasteiger partial charge in [-0.15, -0.1) is 0 Å². The molecule has 6 nitrogen and oxygen atoms in total. The lowest BCUT2D eigenvalue weighted by molar-refractivity contribution is -0.117. The number of benzene rings is 1. The Kier molecular flexibility index (Phi) is 4.49. The van der Waals surface area contributed by atoms with Gasteiger partial charge in [0.2, 0.25) is 15.9 Å². The first kappa shape index (κ1) is 13.9. The van der Waals surface area contributed by atoms with Crippen LogP contribution in [0.4, 0.5) is 5.69 Å². The van der Waals surface area contributed by atoms with Gasteiger partial charge in [0.1, 0.15) is 0 Å². The van der Waals surface area contributed by atoms with E-state index in [2.05, 4.69) is 20.7 Å². The van der Waals surface area contributed by atoms with Crippen molar-refractivity contribution in [1.82, 2.24) is 4.72 Å². The lowest BCUT2D eigenvalue weighted by Gasteiger charge is -2.07. The van der Waals surface area contributed by atoms with Gasteiger partial charge in [0.15, 0.2) is 0 Å². The number of amides is 1. The van der Waals surface area contributed by atoms with Crippen molar-refractivity contribution < 1.29 is 13.2 Å². The van der Waals surface area contributed by atoms with Gasteiger partial charge in [-0.1, -0.05) is 0 Å². The number of nitrogen functional groups attached to an aromatic ring is 1. The molecule has 0 unspecified atom stereocenters. The molecule has 0 aromatic heterocycles. The zero-order valence-electron chi connectivity index (χ0n) is 8.81. The summed E-state index contributed by atoms with van der Waals surface area (Å²) in [5, 5.41) is 0. The van der Waals surface area contributed by atoms with E-state index in [4.69, 9.17) is 11.5 Å². The quantitative estimate of drug-likeness (QED) is 0.671. The van der Waals surface area contributed by atoms with Crippen molar-refractivity contribution >= 4 is 37.5 Å². The van der Waals surface area contributed by atoms with E-state index in [9.17, 15) is 13.2 Å². The molecule has 0 spiro atoms. The number of rotatable bonds is 5. The van der Waals surface area contributed by atoms with Crippen LogP contribution in [0.25, 0.3) is 0 Å². The number of sulfonamides is 1. The molecule has 0 atom stereocenters. The SMILES string of the molecule is NC(=O)CCNS(=O)(=O)c1ccc(Br)c(N)c1. The molecule has 8 heteroatoms. The Morgan fingerprint density at radius 2 is 2.06 bits per heavy atom. The van der Waals surface area contributed by atoms with E-state index in [1.165, 1.54) is 18.2 Å². The fourth-order valence-electron chi connectivity index (χ4n) is 1.08. The highest BCUT2D eigenvalue weighted by molar-refractivity contribution is 9.10. The lowest BCUT2D eigenvalue weighted by Crippen LogP contribution is -2.28. The summed E-state index contributed by atoms with van der Waals surface area (Å²) in [6.07, 6.45) is -0.0504. The molecule has 0 heterocycles. The van der Waals surface area contributed by atoms with Crippen molar-refractivity contribution in [1.29, 1.82) is 0 Å². The first-order chi connectivity index (χ1) is 7.83. The van der Waals surface area contributed by atoms with Crippen molar-refractivity contribution in [2.45, 2.75) is 11.3 Å². The van der Waals surface area contributed by atoms with Gasteiger partial charge in [-0.2, -0.15) is 0 Å². The first-order valence-electron chi connectivity index (χ1n) is 4.66. The Labute approximate surface area is 108 Å². The van der Waals surface area contributed by atoms with Gasteiger partial charge < -0.3 is 11.5 Å². The number of nitrogens with one attached hydrogen (secondary N) is 1. The Bertz CT molecular complexity index is 530. The Morgan fingerprint density at radius 1 is 1.41 bits per heavy atom. The molecular weight excluding hydrogens is 310 g/mol. The Balaban J connectivity index is 2.82. The molecule has 0 saturated carbocycles. The minimum atomic E-state index is -3.65. The molecule has 5 N–H and O–H groups in total. The summed E-state index contributed by atoms with van der Waals surface area (Å²) >= 11 is 3.17. The molecule has 0 saturated heterocycles. The van der Waals surface area contributed by atoms with Gasteiger partial charge in [0.25, 0.3) is 0 Å². The van der Waals surface area contributed by atoms with Gasteiger partial charge >= 0.3 is 0 Å². The van der Waals surface area contributed by atoms with Crippen LogP contribution in [0, 0.1) is 0 Å². The van der Waals surface area contributed by atoms with Crippen LogP contribution >= 0.6 is 15.9 Å². The summed E-state index contributed by atoms with van der Waals surface area (Å²) in [6, 6.07) is 4.28. The molecule has 0 aliphatic heterocycles. The van der Waals surface area contributed by atoms with E-state index in [1.807, 2.05) is 0 Å². The number of hydrogen-bond acceptors (Lipinski definition) is 4. The predicted molar refractivity (Wildman–Crippen MR) is 67.6 cm³/mol. The molecule has 0 bridgehead atoms. The number of halogens is 1. The second-order valence-corrected chi connectivity index (χ2v) is 5.92. The molecule has 1 aromatic rings. The van der Waals surface area contributed by atoms with E-state index >= 15 is 0 Å². The van der Waals surface area contributed by atoms with Gasteiger partial charge in [0.05, 0.1) is 4.90 Å². The molecule has 94 valence electrons. The second-order valence-electron chi connectivity index (χ2n) is 3.30. The molecule has 0 aliphatic rings. The van der Waals surface area contributed by atoms with E-state index in [0.29, 0.717) is 10.2 Å². The molecule has 17 heavy (non-hydrogen) atoms.